The molecule has 0 aromatic heterocycles. The van der Waals surface area contributed by atoms with Crippen LogP contribution in [0.1, 0.15) is 17.3 Å². The molecule has 108 valence electrons. The first-order chi connectivity index (χ1) is 10.0. The van der Waals surface area contributed by atoms with Crippen molar-refractivity contribution in [2.75, 3.05) is 6.61 Å². The molecule has 0 aliphatic carbocycles. The van der Waals surface area contributed by atoms with Gasteiger partial charge in [0.25, 0.3) is 5.69 Å². The van der Waals surface area contributed by atoms with E-state index in [-0.39, 0.29) is 17.9 Å². The molecule has 0 aliphatic heterocycles. The number of halogens is 1. The topological polar surface area (TPSA) is 69.4 Å². The second-order valence-corrected chi connectivity index (χ2v) is 4.22. The maximum atomic E-state index is 13.9. The number of carbonyl (C=O) groups excluding carboxylic acids is 1. The average Bonchev–Trinajstić information content (AvgIpc) is 2.47. The highest BCUT2D eigenvalue weighted by atomic mass is 19.1. The molecule has 0 aliphatic rings. The van der Waals surface area contributed by atoms with Crippen LogP contribution in [-0.2, 0) is 4.74 Å². The zero-order valence-corrected chi connectivity index (χ0v) is 11.2. The van der Waals surface area contributed by atoms with Gasteiger partial charge in [0.15, 0.2) is 0 Å². The summed E-state index contributed by atoms with van der Waals surface area (Å²) in [5.74, 6) is -1.46. The lowest BCUT2D eigenvalue weighted by Gasteiger charge is -2.06. The van der Waals surface area contributed by atoms with Crippen molar-refractivity contribution in [2.24, 2.45) is 0 Å². The van der Waals surface area contributed by atoms with Gasteiger partial charge in [-0.05, 0) is 30.2 Å². The number of hydrogen-bond acceptors (Lipinski definition) is 4. The van der Waals surface area contributed by atoms with Crippen molar-refractivity contribution < 1.29 is 18.8 Å². The quantitative estimate of drug-likeness (QED) is 0.490. The molecule has 21 heavy (non-hydrogen) atoms. The zero-order valence-electron chi connectivity index (χ0n) is 11.2. The summed E-state index contributed by atoms with van der Waals surface area (Å²) in [6.45, 7) is 1.79. The maximum absolute atomic E-state index is 13.9. The highest BCUT2D eigenvalue weighted by Crippen LogP contribution is 2.25. The lowest BCUT2D eigenvalue weighted by atomic mass is 10.0. The third-order valence-corrected chi connectivity index (χ3v) is 2.85. The Labute approximate surface area is 120 Å². The second-order valence-electron chi connectivity index (χ2n) is 4.22. The van der Waals surface area contributed by atoms with Crippen LogP contribution in [0.2, 0.25) is 0 Å². The van der Waals surface area contributed by atoms with E-state index in [1.807, 2.05) is 0 Å². The molecule has 2 aromatic rings. The monoisotopic (exact) mass is 289 g/mol. The molecule has 2 rings (SSSR count). The molecule has 2 aromatic carbocycles. The van der Waals surface area contributed by atoms with Gasteiger partial charge in [-0.2, -0.15) is 0 Å². The largest absolute Gasteiger partial charge is 0.462 e. The SMILES string of the molecule is CCOC(=O)c1ccc(-c2cccc([N+](=O)[O-])c2)cc1F. The van der Waals surface area contributed by atoms with Gasteiger partial charge in [0.1, 0.15) is 5.82 Å². The zero-order chi connectivity index (χ0) is 15.4. The number of nitro benzene ring substituents is 1. The van der Waals surface area contributed by atoms with E-state index in [1.54, 1.807) is 13.0 Å². The number of hydrogen-bond donors (Lipinski definition) is 0. The summed E-state index contributed by atoms with van der Waals surface area (Å²) in [4.78, 5) is 21.7. The molecule has 5 nitrogen and oxygen atoms in total. The molecule has 0 atom stereocenters. The lowest BCUT2D eigenvalue weighted by molar-refractivity contribution is -0.384. The number of carbonyl (C=O) groups is 1. The van der Waals surface area contributed by atoms with Gasteiger partial charge in [-0.3, -0.25) is 10.1 Å². The van der Waals surface area contributed by atoms with Crippen LogP contribution in [0.5, 0.6) is 0 Å². The van der Waals surface area contributed by atoms with E-state index < -0.39 is 16.7 Å². The van der Waals surface area contributed by atoms with E-state index in [9.17, 15) is 19.3 Å². The first kappa shape index (κ1) is 14.6. The third-order valence-electron chi connectivity index (χ3n) is 2.85. The second kappa shape index (κ2) is 6.13. The molecule has 0 bridgehead atoms. The third kappa shape index (κ3) is 3.22. The molecule has 0 radical (unpaired) electrons. The molecule has 0 unspecified atom stereocenters. The number of nitro groups is 1. The van der Waals surface area contributed by atoms with E-state index in [0.717, 1.165) is 6.07 Å². The van der Waals surface area contributed by atoms with Gasteiger partial charge in [-0.15, -0.1) is 0 Å². The Balaban J connectivity index is 2.38. The van der Waals surface area contributed by atoms with Gasteiger partial charge in [-0.1, -0.05) is 18.2 Å². The molecule has 0 heterocycles. The van der Waals surface area contributed by atoms with Gasteiger partial charge < -0.3 is 4.74 Å². The summed E-state index contributed by atoms with van der Waals surface area (Å²) in [7, 11) is 0. The van der Waals surface area contributed by atoms with Crippen LogP contribution >= 0.6 is 0 Å². The van der Waals surface area contributed by atoms with Crippen LogP contribution in [0, 0.1) is 15.9 Å². The van der Waals surface area contributed by atoms with Crippen LogP contribution in [0.25, 0.3) is 11.1 Å². The van der Waals surface area contributed by atoms with E-state index in [4.69, 9.17) is 4.74 Å². The number of ether oxygens (including phenoxy) is 1. The normalized spacial score (nSPS) is 10.2. The van der Waals surface area contributed by atoms with Gasteiger partial charge in [0, 0.05) is 12.1 Å². The van der Waals surface area contributed by atoms with Crippen molar-refractivity contribution in [2.45, 2.75) is 6.92 Å². The van der Waals surface area contributed by atoms with Crippen molar-refractivity contribution >= 4 is 11.7 Å². The average molecular weight is 289 g/mol. The number of esters is 1. The maximum Gasteiger partial charge on any atom is 0.341 e. The molecule has 6 heteroatoms. The Morgan fingerprint density at radius 2 is 1.95 bits per heavy atom. The first-order valence-corrected chi connectivity index (χ1v) is 6.24. The van der Waals surface area contributed by atoms with Crippen LogP contribution < -0.4 is 0 Å². The number of nitrogens with zero attached hydrogens (tertiary/aromatic N) is 1. The Hall–Kier alpha value is -2.76. The highest BCUT2D eigenvalue weighted by Gasteiger charge is 2.14. The highest BCUT2D eigenvalue weighted by molar-refractivity contribution is 5.90. The van der Waals surface area contributed by atoms with Crippen molar-refractivity contribution in [3.63, 3.8) is 0 Å². The summed E-state index contributed by atoms with van der Waals surface area (Å²) in [5.41, 5.74) is 0.705. The fourth-order valence-corrected chi connectivity index (χ4v) is 1.87. The Morgan fingerprint density at radius 3 is 2.57 bits per heavy atom. The summed E-state index contributed by atoms with van der Waals surface area (Å²) in [5, 5.41) is 10.7. The first-order valence-electron chi connectivity index (χ1n) is 6.24. The van der Waals surface area contributed by atoms with Crippen LogP contribution in [-0.4, -0.2) is 17.5 Å². The van der Waals surface area contributed by atoms with E-state index in [0.29, 0.717) is 11.1 Å². The molecule has 0 saturated heterocycles. The summed E-state index contributed by atoms with van der Waals surface area (Å²) in [6, 6.07) is 9.84. The Kier molecular flexibility index (Phi) is 4.27. The summed E-state index contributed by atoms with van der Waals surface area (Å²) < 4.78 is 18.7. The minimum absolute atomic E-state index is 0.0811. The summed E-state index contributed by atoms with van der Waals surface area (Å²) >= 11 is 0. The number of non-ortho nitro benzene ring substituents is 1. The van der Waals surface area contributed by atoms with Gasteiger partial charge in [-0.25, -0.2) is 9.18 Å². The van der Waals surface area contributed by atoms with Crippen LogP contribution in [0.3, 0.4) is 0 Å². The minimum Gasteiger partial charge on any atom is -0.462 e. The molecule has 0 spiro atoms. The predicted molar refractivity (Wildman–Crippen MR) is 74.4 cm³/mol. The molecule has 0 saturated carbocycles. The Bertz CT molecular complexity index is 700. The van der Waals surface area contributed by atoms with Gasteiger partial charge >= 0.3 is 5.97 Å². The van der Waals surface area contributed by atoms with E-state index in [1.165, 1.54) is 30.3 Å². The standard InChI is InChI=1S/C15H12FNO4/c1-2-21-15(18)13-7-6-11(9-14(13)16)10-4-3-5-12(8-10)17(19)20/h3-9H,2H2,1H3. The fraction of sp³-hybridized carbons (Fsp3) is 0.133. The lowest BCUT2D eigenvalue weighted by Crippen LogP contribution is -2.07. The van der Waals surface area contributed by atoms with Crippen LogP contribution in [0.15, 0.2) is 42.5 Å². The smallest absolute Gasteiger partial charge is 0.341 e. The van der Waals surface area contributed by atoms with Gasteiger partial charge in [0.2, 0.25) is 0 Å². The molecule has 0 N–H and O–H groups in total. The number of rotatable bonds is 4. The number of benzene rings is 2. The fourth-order valence-electron chi connectivity index (χ4n) is 1.87. The van der Waals surface area contributed by atoms with Crippen LogP contribution in [0.4, 0.5) is 10.1 Å². The van der Waals surface area contributed by atoms with Crippen molar-refractivity contribution in [3.8, 4) is 11.1 Å². The Morgan fingerprint density at radius 1 is 1.24 bits per heavy atom. The van der Waals surface area contributed by atoms with E-state index in [2.05, 4.69) is 0 Å². The summed E-state index contributed by atoms with van der Waals surface area (Å²) in [6.07, 6.45) is 0. The molecule has 0 amide bonds. The van der Waals surface area contributed by atoms with Crippen molar-refractivity contribution in [1.82, 2.24) is 0 Å². The molecular weight excluding hydrogens is 277 g/mol. The van der Waals surface area contributed by atoms with Crippen molar-refractivity contribution in [3.05, 3.63) is 64.0 Å². The van der Waals surface area contributed by atoms with Gasteiger partial charge in [0.05, 0.1) is 17.1 Å². The predicted octanol–water partition coefficient (Wildman–Crippen LogP) is 3.58. The molecular formula is C15H12FNO4. The van der Waals surface area contributed by atoms with E-state index >= 15 is 0 Å². The minimum atomic E-state index is -0.736. The van der Waals surface area contributed by atoms with Crippen molar-refractivity contribution in [1.29, 1.82) is 0 Å². The molecule has 0 fully saturated rings.